The van der Waals surface area contributed by atoms with Crippen LogP contribution in [0, 0.1) is 0 Å². The van der Waals surface area contributed by atoms with Crippen molar-refractivity contribution in [3.8, 4) is 0 Å². The van der Waals surface area contributed by atoms with Crippen LogP contribution in [-0.4, -0.2) is 58.9 Å². The van der Waals surface area contributed by atoms with Gasteiger partial charge in [-0.05, 0) is 11.1 Å². The monoisotopic (exact) mass is 541 g/mol. The maximum Gasteiger partial charge on any atom is 0.356 e. The third kappa shape index (κ3) is 8.16. The summed E-state index contributed by atoms with van der Waals surface area (Å²) in [6, 6.07) is 19.2. The molecule has 4 rings (SSSR count). The van der Waals surface area contributed by atoms with Crippen molar-refractivity contribution in [1.82, 2.24) is 19.5 Å². The first kappa shape index (κ1) is 27.8. The second kappa shape index (κ2) is 14.1. The van der Waals surface area contributed by atoms with Crippen LogP contribution in [0.3, 0.4) is 0 Å². The van der Waals surface area contributed by atoms with E-state index in [1.807, 2.05) is 60.7 Å². The van der Waals surface area contributed by atoms with Crippen molar-refractivity contribution in [1.29, 1.82) is 0 Å². The number of hydrogen-bond donors (Lipinski definition) is 1. The van der Waals surface area contributed by atoms with E-state index in [9.17, 15) is 4.57 Å². The van der Waals surface area contributed by atoms with Gasteiger partial charge < -0.3 is 33.6 Å². The zero-order chi connectivity index (χ0) is 26.6. The van der Waals surface area contributed by atoms with Gasteiger partial charge in [-0.3, -0.25) is 4.57 Å². The first-order valence-electron chi connectivity index (χ1n) is 12.1. The Hall–Kier alpha value is -3.18. The Balaban J connectivity index is 1.35. The van der Waals surface area contributed by atoms with E-state index >= 15 is 0 Å². The zero-order valence-electron chi connectivity index (χ0n) is 21.2. The van der Waals surface area contributed by atoms with E-state index in [4.69, 9.17) is 29.0 Å². The van der Waals surface area contributed by atoms with Gasteiger partial charge in [0.15, 0.2) is 11.5 Å². The second-order valence-electron chi connectivity index (χ2n) is 8.45. The highest BCUT2D eigenvalue weighted by Crippen LogP contribution is 2.49. The largest absolute Gasteiger partial charge is 0.382 e. The normalized spacial score (nSPS) is 13.9. The molecule has 4 aromatic rings. The van der Waals surface area contributed by atoms with Crippen LogP contribution in [0.4, 0.5) is 5.82 Å². The predicted molar refractivity (Wildman–Crippen MR) is 142 cm³/mol. The minimum Gasteiger partial charge on any atom is -0.382 e. The number of ether oxygens (including phenoxy) is 3. The minimum absolute atomic E-state index is 0.0124. The summed E-state index contributed by atoms with van der Waals surface area (Å²) in [5.41, 5.74) is 8.85. The van der Waals surface area contributed by atoms with Gasteiger partial charge in [0.2, 0.25) is 0 Å². The molecule has 2 aromatic heterocycles. The molecule has 0 aliphatic carbocycles. The second-order valence-corrected chi connectivity index (χ2v) is 10.4. The van der Waals surface area contributed by atoms with E-state index in [1.165, 1.54) is 6.33 Å². The van der Waals surface area contributed by atoms with Gasteiger partial charge in [0.05, 0.1) is 39.4 Å². The van der Waals surface area contributed by atoms with Crippen molar-refractivity contribution < 1.29 is 27.8 Å². The Morgan fingerprint density at radius 2 is 1.63 bits per heavy atom. The minimum atomic E-state index is -3.65. The summed E-state index contributed by atoms with van der Waals surface area (Å²) in [5.74, 6) is 0.307. The fourth-order valence-electron chi connectivity index (χ4n) is 3.58. The lowest BCUT2D eigenvalue weighted by atomic mass is 10.2. The number of rotatable bonds is 16. The van der Waals surface area contributed by atoms with E-state index in [0.717, 1.165) is 11.1 Å². The smallest absolute Gasteiger partial charge is 0.356 e. The highest BCUT2D eigenvalue weighted by atomic mass is 31.2. The van der Waals surface area contributed by atoms with Crippen LogP contribution < -0.4 is 5.73 Å². The fourth-order valence-corrected chi connectivity index (χ4v) is 4.89. The number of methoxy groups -OCH3 is 1. The summed E-state index contributed by atoms with van der Waals surface area (Å²) in [5, 5.41) is 0. The van der Waals surface area contributed by atoms with Crippen LogP contribution in [0.1, 0.15) is 11.1 Å². The molecule has 2 atom stereocenters. The molecule has 12 heteroatoms. The fraction of sp³-hybridized carbons (Fsp3) is 0.346. The molecule has 2 heterocycles. The number of nitrogens with two attached hydrogens (primary N) is 1. The lowest BCUT2D eigenvalue weighted by Gasteiger charge is -2.23. The standard InChI is InChI=1S/C26H32N5O6P/c1-33-16-23(35-14-21-8-4-2-5-9-21)17-37-38(32,36-15-22-10-6-3-7-11-22)20-34-13-12-31-19-30-24-25(27)28-18-29-26(24)31/h2-11,18-19,23H,12-17,20H2,1H3,(H2,27,28,29). The van der Waals surface area contributed by atoms with E-state index < -0.39 is 13.7 Å². The SMILES string of the molecule is COCC(COP(=O)(COCCn1cnc2c(N)ncnc21)OCc1ccccc1)OCc1ccccc1. The molecule has 0 bridgehead atoms. The molecule has 0 radical (unpaired) electrons. The average Bonchev–Trinajstić information content (AvgIpc) is 3.37. The van der Waals surface area contributed by atoms with Crippen molar-refractivity contribution >= 4 is 24.6 Å². The molecule has 0 fully saturated rings. The van der Waals surface area contributed by atoms with Crippen molar-refractivity contribution in [2.75, 3.05) is 39.0 Å². The molecule has 0 spiro atoms. The maximum absolute atomic E-state index is 13.7. The van der Waals surface area contributed by atoms with Crippen molar-refractivity contribution in [3.63, 3.8) is 0 Å². The molecule has 0 aliphatic rings. The number of nitrogens with zero attached hydrogens (tertiary/aromatic N) is 4. The van der Waals surface area contributed by atoms with Crippen LogP contribution in [0.25, 0.3) is 11.2 Å². The number of aromatic nitrogens is 4. The quantitative estimate of drug-likeness (QED) is 0.164. The maximum atomic E-state index is 13.7. The summed E-state index contributed by atoms with van der Waals surface area (Å²) in [6.07, 6.45) is 2.31. The number of fused-ring (bicyclic) bond motifs is 1. The van der Waals surface area contributed by atoms with Crippen LogP contribution in [0.5, 0.6) is 0 Å². The van der Waals surface area contributed by atoms with Crippen molar-refractivity contribution in [3.05, 3.63) is 84.4 Å². The molecular formula is C26H32N5O6P. The molecule has 202 valence electrons. The van der Waals surface area contributed by atoms with Crippen molar-refractivity contribution in [2.45, 2.75) is 25.9 Å². The van der Waals surface area contributed by atoms with Gasteiger partial charge in [-0.1, -0.05) is 60.7 Å². The number of benzene rings is 2. The number of nitrogen functional groups attached to an aromatic ring is 1. The van der Waals surface area contributed by atoms with Crippen LogP contribution in [-0.2, 0) is 47.6 Å². The molecule has 2 N–H and O–H groups in total. The first-order chi connectivity index (χ1) is 18.6. The van der Waals surface area contributed by atoms with Gasteiger partial charge >= 0.3 is 7.60 Å². The zero-order valence-corrected chi connectivity index (χ0v) is 22.1. The molecule has 0 amide bonds. The Morgan fingerprint density at radius 3 is 2.34 bits per heavy atom. The average molecular weight is 542 g/mol. The summed E-state index contributed by atoms with van der Waals surface area (Å²) >= 11 is 0. The van der Waals surface area contributed by atoms with Gasteiger partial charge in [-0.25, -0.2) is 15.0 Å². The molecule has 2 aromatic carbocycles. The third-order valence-electron chi connectivity index (χ3n) is 5.56. The predicted octanol–water partition coefficient (Wildman–Crippen LogP) is 4.04. The molecule has 2 unspecified atom stereocenters. The van der Waals surface area contributed by atoms with E-state index in [2.05, 4.69) is 15.0 Å². The molecule has 38 heavy (non-hydrogen) atoms. The van der Waals surface area contributed by atoms with Gasteiger partial charge in [0, 0.05) is 13.7 Å². The van der Waals surface area contributed by atoms with Crippen LogP contribution in [0.15, 0.2) is 73.3 Å². The lowest BCUT2D eigenvalue weighted by Crippen LogP contribution is -2.25. The Kier molecular flexibility index (Phi) is 10.3. The molecule has 0 saturated carbocycles. The van der Waals surface area contributed by atoms with Gasteiger partial charge in [0.25, 0.3) is 0 Å². The first-order valence-corrected chi connectivity index (χ1v) is 13.8. The third-order valence-corrected chi connectivity index (χ3v) is 7.13. The summed E-state index contributed by atoms with van der Waals surface area (Å²) in [6.45, 7) is 1.41. The highest BCUT2D eigenvalue weighted by Gasteiger charge is 2.27. The number of hydrogen-bond acceptors (Lipinski definition) is 10. The van der Waals surface area contributed by atoms with Crippen LogP contribution >= 0.6 is 7.60 Å². The van der Waals surface area contributed by atoms with Gasteiger partial charge in [-0.2, -0.15) is 0 Å². The molecule has 0 saturated heterocycles. The molecular weight excluding hydrogens is 509 g/mol. The number of anilines is 1. The Morgan fingerprint density at radius 1 is 0.921 bits per heavy atom. The van der Waals surface area contributed by atoms with Gasteiger partial charge in [0.1, 0.15) is 24.3 Å². The molecule has 0 aliphatic heterocycles. The topological polar surface area (TPSA) is 133 Å². The lowest BCUT2D eigenvalue weighted by molar-refractivity contribution is -0.0381. The van der Waals surface area contributed by atoms with E-state index in [-0.39, 0.29) is 32.8 Å². The highest BCUT2D eigenvalue weighted by molar-refractivity contribution is 7.53. The van der Waals surface area contributed by atoms with Crippen LogP contribution in [0.2, 0.25) is 0 Å². The summed E-state index contributed by atoms with van der Waals surface area (Å²) in [7, 11) is -2.07. The van der Waals surface area contributed by atoms with Crippen molar-refractivity contribution in [2.24, 2.45) is 0 Å². The van der Waals surface area contributed by atoms with E-state index in [1.54, 1.807) is 18.0 Å². The van der Waals surface area contributed by atoms with Gasteiger partial charge in [-0.15, -0.1) is 0 Å². The number of imidazole rings is 1. The Bertz CT molecular complexity index is 1310. The Labute approximate surface area is 221 Å². The van der Waals surface area contributed by atoms with E-state index in [0.29, 0.717) is 30.1 Å². The summed E-state index contributed by atoms with van der Waals surface area (Å²) in [4.78, 5) is 12.4. The summed E-state index contributed by atoms with van der Waals surface area (Å²) < 4.78 is 44.0. The molecule has 11 nitrogen and oxygen atoms in total.